The van der Waals surface area contributed by atoms with Crippen LogP contribution in [0.5, 0.6) is 0 Å². The predicted octanol–water partition coefficient (Wildman–Crippen LogP) is 3.19. The van der Waals surface area contributed by atoms with Crippen LogP contribution in [-0.2, 0) is 6.42 Å². The lowest BCUT2D eigenvalue weighted by Gasteiger charge is -2.35. The summed E-state index contributed by atoms with van der Waals surface area (Å²) >= 11 is 0. The summed E-state index contributed by atoms with van der Waals surface area (Å²) in [5, 5.41) is 1.24. The molecule has 160 valence electrons. The van der Waals surface area contributed by atoms with Crippen molar-refractivity contribution in [3.05, 3.63) is 47.9 Å². The fraction of sp³-hybridized carbons (Fsp3) is 0.478. The van der Waals surface area contributed by atoms with E-state index in [9.17, 15) is 4.79 Å². The van der Waals surface area contributed by atoms with Crippen LogP contribution in [0.1, 0.15) is 48.3 Å². The van der Waals surface area contributed by atoms with E-state index in [0.29, 0.717) is 5.69 Å². The van der Waals surface area contributed by atoms with Crippen molar-refractivity contribution in [3.63, 3.8) is 0 Å². The van der Waals surface area contributed by atoms with E-state index in [-0.39, 0.29) is 6.04 Å². The van der Waals surface area contributed by atoms with Gasteiger partial charge >= 0.3 is 0 Å². The van der Waals surface area contributed by atoms with Crippen molar-refractivity contribution in [1.29, 1.82) is 0 Å². The Morgan fingerprint density at radius 3 is 2.73 bits per heavy atom. The first kappa shape index (κ1) is 20.5. The predicted molar refractivity (Wildman–Crippen MR) is 121 cm³/mol. The van der Waals surface area contributed by atoms with Crippen LogP contribution in [0.4, 0.5) is 5.95 Å². The summed E-state index contributed by atoms with van der Waals surface area (Å²) in [5.41, 5.74) is 8.69. The summed E-state index contributed by atoms with van der Waals surface area (Å²) in [6, 6.07) is 8.50. The van der Waals surface area contributed by atoms with Crippen LogP contribution in [0.15, 0.2) is 36.7 Å². The molecule has 7 heteroatoms. The summed E-state index contributed by atoms with van der Waals surface area (Å²) in [6.45, 7) is 5.98. The van der Waals surface area contributed by atoms with Gasteiger partial charge in [-0.3, -0.25) is 4.79 Å². The summed E-state index contributed by atoms with van der Waals surface area (Å²) < 4.78 is 2.12. The minimum absolute atomic E-state index is 0.129. The highest BCUT2D eigenvalue weighted by Gasteiger charge is 2.27. The number of aromatic nitrogens is 3. The second kappa shape index (κ2) is 8.92. The lowest BCUT2D eigenvalue weighted by molar-refractivity contribution is 0.0989. The molecule has 3 aromatic rings. The first-order chi connectivity index (χ1) is 14.6. The topological polar surface area (TPSA) is 83.2 Å². The van der Waals surface area contributed by atoms with Gasteiger partial charge in [-0.2, -0.15) is 0 Å². The minimum Gasteiger partial charge on any atom is -0.364 e. The van der Waals surface area contributed by atoms with E-state index in [2.05, 4.69) is 62.7 Å². The number of carbonyl (C=O) groups excluding carboxylic acids is 1. The summed E-state index contributed by atoms with van der Waals surface area (Å²) in [5.74, 6) is 0.459. The Hall–Kier alpha value is -2.80. The number of carbonyl (C=O) groups is 1. The summed E-state index contributed by atoms with van der Waals surface area (Å²) in [7, 11) is 2.14. The molecule has 1 atom stereocenters. The van der Waals surface area contributed by atoms with E-state index in [4.69, 9.17) is 5.73 Å². The Bertz CT molecular complexity index is 998. The van der Waals surface area contributed by atoms with E-state index in [1.165, 1.54) is 10.9 Å². The lowest BCUT2D eigenvalue weighted by atomic mass is 10.00. The molecule has 30 heavy (non-hydrogen) atoms. The summed E-state index contributed by atoms with van der Waals surface area (Å²) in [4.78, 5) is 25.0. The van der Waals surface area contributed by atoms with Gasteiger partial charge in [0.1, 0.15) is 5.69 Å². The monoisotopic (exact) mass is 408 g/mol. The number of para-hydroxylation sites is 1. The zero-order chi connectivity index (χ0) is 21.1. The van der Waals surface area contributed by atoms with E-state index in [1.54, 1.807) is 6.20 Å². The van der Waals surface area contributed by atoms with Crippen molar-refractivity contribution < 1.29 is 4.79 Å². The van der Waals surface area contributed by atoms with E-state index < -0.39 is 5.91 Å². The van der Waals surface area contributed by atoms with Gasteiger partial charge in [-0.15, -0.1) is 0 Å². The Morgan fingerprint density at radius 2 is 2.00 bits per heavy atom. The molecule has 1 fully saturated rings. The number of nitrogens with one attached hydrogen (secondary N) is 1. The van der Waals surface area contributed by atoms with Crippen LogP contribution in [-0.4, -0.2) is 58.6 Å². The van der Waals surface area contributed by atoms with E-state index >= 15 is 0 Å². The van der Waals surface area contributed by atoms with Gasteiger partial charge in [0.25, 0.3) is 5.91 Å². The van der Waals surface area contributed by atoms with Crippen LogP contribution in [0.2, 0.25) is 0 Å². The fourth-order valence-corrected chi connectivity index (χ4v) is 4.45. The number of hydrogen-bond donors (Lipinski definition) is 2. The van der Waals surface area contributed by atoms with Crippen LogP contribution < -0.4 is 10.6 Å². The molecule has 3 heterocycles. The van der Waals surface area contributed by atoms with Crippen molar-refractivity contribution in [2.24, 2.45) is 5.73 Å². The molecular weight excluding hydrogens is 376 g/mol. The number of rotatable bonds is 8. The number of anilines is 1. The number of imidazole rings is 1. The number of benzene rings is 1. The number of amides is 1. The van der Waals surface area contributed by atoms with Crippen LogP contribution in [0.25, 0.3) is 10.9 Å². The maximum Gasteiger partial charge on any atom is 0.267 e. The Balaban J connectivity index is 1.72. The standard InChI is InChI=1S/C23H32N6O/c1-3-4-7-18(14-17-15-25-20-9-6-5-8-19(17)20)29-21(22(24)30)16-26-23(29)28-12-10-27(2)11-13-28/h5-6,8-9,15-16,18,25H,3-4,7,10-14H2,1-2H3,(H2,24,30). The number of aromatic amines is 1. The molecule has 4 rings (SSSR count). The van der Waals surface area contributed by atoms with Gasteiger partial charge in [0.2, 0.25) is 5.95 Å². The van der Waals surface area contributed by atoms with Gasteiger partial charge < -0.3 is 25.1 Å². The second-order valence-electron chi connectivity index (χ2n) is 8.33. The maximum absolute atomic E-state index is 12.3. The molecule has 0 radical (unpaired) electrons. The fourth-order valence-electron chi connectivity index (χ4n) is 4.45. The molecule has 1 unspecified atom stereocenters. The molecule has 0 saturated carbocycles. The third-order valence-electron chi connectivity index (χ3n) is 6.20. The molecule has 1 saturated heterocycles. The molecule has 1 amide bonds. The van der Waals surface area contributed by atoms with Gasteiger partial charge in [-0.25, -0.2) is 4.98 Å². The van der Waals surface area contributed by atoms with Crippen molar-refractivity contribution >= 4 is 22.8 Å². The lowest BCUT2D eigenvalue weighted by Crippen LogP contribution is -2.46. The summed E-state index contributed by atoms with van der Waals surface area (Å²) in [6.07, 6.45) is 7.76. The number of likely N-dealkylation sites (N-methyl/N-ethyl adjacent to an activating group) is 1. The third-order valence-corrected chi connectivity index (χ3v) is 6.20. The third kappa shape index (κ3) is 4.07. The average Bonchev–Trinajstić information content (AvgIpc) is 3.36. The van der Waals surface area contributed by atoms with Gasteiger partial charge in [0.15, 0.2) is 0 Å². The number of nitrogens with zero attached hydrogens (tertiary/aromatic N) is 4. The zero-order valence-corrected chi connectivity index (χ0v) is 18.0. The molecule has 1 aromatic carbocycles. The number of nitrogens with two attached hydrogens (primary N) is 1. The molecule has 1 aliphatic rings. The highest BCUT2D eigenvalue weighted by Crippen LogP contribution is 2.31. The second-order valence-corrected chi connectivity index (χ2v) is 8.33. The van der Waals surface area contributed by atoms with Gasteiger partial charge in [0, 0.05) is 49.3 Å². The first-order valence-electron chi connectivity index (χ1n) is 10.9. The van der Waals surface area contributed by atoms with E-state index in [1.807, 2.05) is 6.07 Å². The number of hydrogen-bond acceptors (Lipinski definition) is 4. The number of H-pyrrole nitrogens is 1. The number of fused-ring (bicyclic) bond motifs is 1. The van der Waals surface area contributed by atoms with Crippen LogP contribution in [0, 0.1) is 0 Å². The van der Waals surface area contributed by atoms with Crippen LogP contribution >= 0.6 is 0 Å². The molecule has 0 spiro atoms. The van der Waals surface area contributed by atoms with Crippen molar-refractivity contribution in [1.82, 2.24) is 19.4 Å². The molecule has 0 aliphatic carbocycles. The molecular formula is C23H32N6O. The Kier molecular flexibility index (Phi) is 6.08. The molecule has 0 bridgehead atoms. The van der Waals surface area contributed by atoms with Crippen molar-refractivity contribution in [2.45, 2.75) is 38.6 Å². The average molecular weight is 409 g/mol. The van der Waals surface area contributed by atoms with Crippen molar-refractivity contribution in [3.8, 4) is 0 Å². The van der Waals surface area contributed by atoms with E-state index in [0.717, 1.165) is 63.3 Å². The largest absolute Gasteiger partial charge is 0.364 e. The normalized spacial score (nSPS) is 16.3. The molecule has 7 nitrogen and oxygen atoms in total. The number of primary amides is 1. The Morgan fingerprint density at radius 1 is 1.23 bits per heavy atom. The maximum atomic E-state index is 12.3. The number of piperazine rings is 1. The van der Waals surface area contributed by atoms with Gasteiger partial charge in [0.05, 0.1) is 6.20 Å². The zero-order valence-electron chi connectivity index (χ0n) is 18.0. The molecule has 3 N–H and O–H groups in total. The smallest absolute Gasteiger partial charge is 0.267 e. The number of unbranched alkanes of at least 4 members (excludes halogenated alkanes) is 1. The minimum atomic E-state index is -0.414. The highest BCUT2D eigenvalue weighted by molar-refractivity contribution is 5.91. The quantitative estimate of drug-likeness (QED) is 0.600. The SMILES string of the molecule is CCCCC(Cc1c[nH]c2ccccc12)n1c(C(N)=O)cnc1N1CCN(C)CC1. The van der Waals surface area contributed by atoms with Crippen molar-refractivity contribution in [2.75, 3.05) is 38.1 Å². The molecule has 2 aromatic heterocycles. The highest BCUT2D eigenvalue weighted by atomic mass is 16.1. The molecule has 1 aliphatic heterocycles. The van der Waals surface area contributed by atoms with Gasteiger partial charge in [-0.05, 0) is 31.5 Å². The first-order valence-corrected chi connectivity index (χ1v) is 10.9. The Labute approximate surface area is 177 Å². The van der Waals surface area contributed by atoms with Gasteiger partial charge in [-0.1, -0.05) is 38.0 Å². The van der Waals surface area contributed by atoms with Crippen LogP contribution in [0.3, 0.4) is 0 Å².